The van der Waals surface area contributed by atoms with Gasteiger partial charge in [-0.3, -0.25) is 9.78 Å². The molecule has 3 aromatic rings. The summed E-state index contributed by atoms with van der Waals surface area (Å²) in [7, 11) is 0. The molecule has 1 amide bonds. The molecule has 126 valence electrons. The SMILES string of the molecule is O=CN1CCCC1(c1nnc(-c2ccncc2)o1)c1cccnc1Cl. The molecule has 3 aromatic heterocycles. The van der Waals surface area contributed by atoms with Gasteiger partial charge in [0.2, 0.25) is 18.2 Å². The van der Waals surface area contributed by atoms with Gasteiger partial charge in [-0.1, -0.05) is 17.7 Å². The summed E-state index contributed by atoms with van der Waals surface area (Å²) in [6, 6.07) is 7.19. The summed E-state index contributed by atoms with van der Waals surface area (Å²) >= 11 is 6.34. The Morgan fingerprint density at radius 3 is 2.80 bits per heavy atom. The molecule has 0 spiro atoms. The molecule has 0 N–H and O–H groups in total. The predicted octanol–water partition coefficient (Wildman–Crippen LogP) is 2.68. The minimum Gasteiger partial charge on any atom is -0.418 e. The molecule has 1 atom stereocenters. The van der Waals surface area contributed by atoms with E-state index in [1.807, 2.05) is 6.07 Å². The minimum absolute atomic E-state index is 0.319. The standard InChI is InChI=1S/C17H14ClN5O2/c18-14-13(3-1-7-20-14)17(6-2-10-23(17)11-24)16-22-21-15(25-16)12-4-8-19-9-5-12/h1,3-5,7-9,11H,2,6,10H2. The minimum atomic E-state index is -0.897. The second-order valence-electron chi connectivity index (χ2n) is 5.75. The van der Waals surface area contributed by atoms with Crippen molar-refractivity contribution in [2.24, 2.45) is 0 Å². The highest BCUT2D eigenvalue weighted by atomic mass is 35.5. The van der Waals surface area contributed by atoms with Crippen molar-refractivity contribution in [1.82, 2.24) is 25.1 Å². The molecule has 8 heteroatoms. The van der Waals surface area contributed by atoms with Crippen LogP contribution < -0.4 is 0 Å². The maximum Gasteiger partial charge on any atom is 0.248 e. The summed E-state index contributed by atoms with van der Waals surface area (Å²) in [5.74, 6) is 0.702. The molecule has 0 radical (unpaired) electrons. The highest BCUT2D eigenvalue weighted by Gasteiger charge is 2.49. The second kappa shape index (κ2) is 6.25. The van der Waals surface area contributed by atoms with Crippen LogP contribution in [0.15, 0.2) is 47.3 Å². The molecule has 4 rings (SSSR count). The molecule has 0 aliphatic carbocycles. The number of carbonyl (C=O) groups is 1. The fourth-order valence-electron chi connectivity index (χ4n) is 3.31. The van der Waals surface area contributed by atoms with Gasteiger partial charge in [-0.05, 0) is 31.0 Å². The summed E-state index contributed by atoms with van der Waals surface area (Å²) in [4.78, 5) is 21.5. The van der Waals surface area contributed by atoms with Crippen LogP contribution in [0.3, 0.4) is 0 Å². The van der Waals surface area contributed by atoms with Gasteiger partial charge in [0.15, 0.2) is 0 Å². The molecule has 0 bridgehead atoms. The Hall–Kier alpha value is -2.80. The van der Waals surface area contributed by atoms with Crippen molar-refractivity contribution in [1.29, 1.82) is 0 Å². The Morgan fingerprint density at radius 1 is 1.20 bits per heavy atom. The second-order valence-corrected chi connectivity index (χ2v) is 6.11. The molecule has 0 aromatic carbocycles. The van der Waals surface area contributed by atoms with Crippen molar-refractivity contribution in [3.05, 3.63) is 59.5 Å². The number of carbonyl (C=O) groups excluding carboxylic acids is 1. The third kappa shape index (κ3) is 2.47. The molecule has 1 fully saturated rings. The van der Waals surface area contributed by atoms with Crippen LogP contribution in [0.5, 0.6) is 0 Å². The van der Waals surface area contributed by atoms with Crippen molar-refractivity contribution in [3.63, 3.8) is 0 Å². The van der Waals surface area contributed by atoms with Crippen molar-refractivity contribution in [2.75, 3.05) is 6.54 Å². The van der Waals surface area contributed by atoms with E-state index in [0.29, 0.717) is 35.5 Å². The van der Waals surface area contributed by atoms with Gasteiger partial charge in [0, 0.05) is 36.3 Å². The first-order chi connectivity index (χ1) is 12.3. The summed E-state index contributed by atoms with van der Waals surface area (Å²) in [5.41, 5.74) is 0.550. The van der Waals surface area contributed by atoms with Crippen molar-refractivity contribution in [2.45, 2.75) is 18.4 Å². The summed E-state index contributed by atoms with van der Waals surface area (Å²) < 4.78 is 5.96. The lowest BCUT2D eigenvalue weighted by Gasteiger charge is -2.33. The first-order valence-electron chi connectivity index (χ1n) is 7.83. The summed E-state index contributed by atoms with van der Waals surface area (Å²) in [5, 5.41) is 8.71. The first-order valence-corrected chi connectivity index (χ1v) is 8.21. The number of hydrogen-bond donors (Lipinski definition) is 0. The Bertz CT molecular complexity index is 901. The molecule has 1 aliphatic heterocycles. The van der Waals surface area contributed by atoms with Gasteiger partial charge < -0.3 is 9.32 Å². The van der Waals surface area contributed by atoms with E-state index in [2.05, 4.69) is 20.2 Å². The molecule has 1 saturated heterocycles. The lowest BCUT2D eigenvalue weighted by Crippen LogP contribution is -2.42. The number of hydrogen-bond acceptors (Lipinski definition) is 6. The van der Waals surface area contributed by atoms with Crippen LogP contribution in [0.2, 0.25) is 5.15 Å². The maximum absolute atomic E-state index is 11.7. The molecule has 7 nitrogen and oxygen atoms in total. The van der Waals surface area contributed by atoms with Crippen LogP contribution in [-0.2, 0) is 10.3 Å². The normalized spacial score (nSPS) is 20.0. The van der Waals surface area contributed by atoms with Crippen LogP contribution in [0.1, 0.15) is 24.3 Å². The lowest BCUT2D eigenvalue weighted by molar-refractivity contribution is -0.121. The number of amides is 1. The van der Waals surface area contributed by atoms with E-state index >= 15 is 0 Å². The summed E-state index contributed by atoms with van der Waals surface area (Å²) in [6.07, 6.45) is 7.15. The Labute approximate surface area is 148 Å². The maximum atomic E-state index is 11.7. The van der Waals surface area contributed by atoms with E-state index in [4.69, 9.17) is 16.0 Å². The van der Waals surface area contributed by atoms with E-state index in [9.17, 15) is 4.79 Å². The van der Waals surface area contributed by atoms with Crippen LogP contribution in [-0.4, -0.2) is 38.0 Å². The van der Waals surface area contributed by atoms with Gasteiger partial charge in [-0.2, -0.15) is 0 Å². The largest absolute Gasteiger partial charge is 0.418 e. The zero-order valence-electron chi connectivity index (χ0n) is 13.2. The average Bonchev–Trinajstić information content (AvgIpc) is 3.30. The molecule has 1 aliphatic rings. The highest BCUT2D eigenvalue weighted by Crippen LogP contribution is 2.45. The third-order valence-corrected chi connectivity index (χ3v) is 4.77. The van der Waals surface area contributed by atoms with Crippen LogP contribution in [0.4, 0.5) is 0 Å². The molecule has 0 saturated carbocycles. The van der Waals surface area contributed by atoms with Crippen molar-refractivity contribution >= 4 is 18.0 Å². The number of nitrogens with zero attached hydrogens (tertiary/aromatic N) is 5. The van der Waals surface area contributed by atoms with Gasteiger partial charge in [-0.15, -0.1) is 10.2 Å². The van der Waals surface area contributed by atoms with Crippen LogP contribution in [0.25, 0.3) is 11.5 Å². The lowest BCUT2D eigenvalue weighted by atomic mass is 9.88. The van der Waals surface area contributed by atoms with Gasteiger partial charge in [0.25, 0.3) is 0 Å². The van der Waals surface area contributed by atoms with E-state index in [1.54, 1.807) is 41.7 Å². The molecule has 25 heavy (non-hydrogen) atoms. The van der Waals surface area contributed by atoms with Gasteiger partial charge in [-0.25, -0.2) is 4.98 Å². The van der Waals surface area contributed by atoms with Crippen LogP contribution in [0, 0.1) is 0 Å². The van der Waals surface area contributed by atoms with E-state index in [0.717, 1.165) is 18.4 Å². The quantitative estimate of drug-likeness (QED) is 0.528. The first kappa shape index (κ1) is 15.7. The van der Waals surface area contributed by atoms with E-state index < -0.39 is 5.54 Å². The number of rotatable bonds is 4. The number of aromatic nitrogens is 4. The van der Waals surface area contributed by atoms with Crippen LogP contribution >= 0.6 is 11.6 Å². The zero-order chi connectivity index (χ0) is 17.3. The van der Waals surface area contributed by atoms with E-state index in [-0.39, 0.29) is 0 Å². The zero-order valence-corrected chi connectivity index (χ0v) is 13.9. The number of halogens is 1. The van der Waals surface area contributed by atoms with Gasteiger partial charge in [0.1, 0.15) is 10.7 Å². The number of likely N-dealkylation sites (tertiary alicyclic amines) is 1. The van der Waals surface area contributed by atoms with Gasteiger partial charge >= 0.3 is 0 Å². The number of pyridine rings is 2. The molecular formula is C17H14ClN5O2. The fourth-order valence-corrected chi connectivity index (χ4v) is 3.59. The predicted molar refractivity (Wildman–Crippen MR) is 89.6 cm³/mol. The van der Waals surface area contributed by atoms with Crippen molar-refractivity contribution in [3.8, 4) is 11.5 Å². The molecular weight excluding hydrogens is 342 g/mol. The monoisotopic (exact) mass is 355 g/mol. The third-order valence-electron chi connectivity index (χ3n) is 4.47. The molecule has 1 unspecified atom stereocenters. The van der Waals surface area contributed by atoms with Crippen molar-refractivity contribution < 1.29 is 9.21 Å². The fraction of sp³-hybridized carbons (Fsp3) is 0.235. The Kier molecular flexibility index (Phi) is 3.93. The Balaban J connectivity index is 1.87. The van der Waals surface area contributed by atoms with E-state index in [1.165, 1.54) is 0 Å². The molecule has 4 heterocycles. The summed E-state index contributed by atoms with van der Waals surface area (Å²) in [6.45, 7) is 0.585. The Morgan fingerprint density at radius 2 is 2.04 bits per heavy atom. The van der Waals surface area contributed by atoms with Gasteiger partial charge in [0.05, 0.1) is 0 Å². The topological polar surface area (TPSA) is 85.0 Å². The average molecular weight is 356 g/mol. The highest BCUT2D eigenvalue weighted by molar-refractivity contribution is 6.30. The smallest absolute Gasteiger partial charge is 0.248 e.